The third kappa shape index (κ3) is 1.63. The van der Waals surface area contributed by atoms with E-state index < -0.39 is 0 Å². The molecule has 1 heterocycles. The summed E-state index contributed by atoms with van der Waals surface area (Å²) in [5.74, 6) is 1.31. The zero-order valence-electron chi connectivity index (χ0n) is 11.6. The molecule has 1 N–H and O–H groups in total. The largest absolute Gasteiger partial charge is 0.462 e. The second-order valence-corrected chi connectivity index (χ2v) is 7.09. The molecule has 0 aromatic rings. The second-order valence-electron chi connectivity index (χ2n) is 7.09. The minimum absolute atomic E-state index is 0.0135. The van der Waals surface area contributed by atoms with Crippen LogP contribution in [0.1, 0.15) is 46.5 Å². The average molecular weight is 252 g/mol. The third-order valence-corrected chi connectivity index (χ3v) is 6.10. The Balaban J connectivity index is 1.86. The van der Waals surface area contributed by atoms with Crippen LogP contribution in [-0.2, 0) is 9.53 Å². The van der Waals surface area contributed by atoms with Gasteiger partial charge in [0.05, 0.1) is 12.0 Å². The van der Waals surface area contributed by atoms with Crippen LogP contribution in [0.3, 0.4) is 0 Å². The Morgan fingerprint density at radius 2 is 2.11 bits per heavy atom. The normalized spacial score (nSPS) is 55.7. The molecule has 0 amide bonds. The zero-order valence-corrected chi connectivity index (χ0v) is 11.6. The summed E-state index contributed by atoms with van der Waals surface area (Å²) in [6.45, 7) is 6.50. The fourth-order valence-corrected chi connectivity index (χ4v) is 4.72. The standard InChI is InChI=1S/C15H24O3/c1-8-10-6-11-9(2)12(16)4-5-15(11,3)7-13(10)18-14(8)17/h8-13,16H,4-7H2,1-3H3. The van der Waals surface area contributed by atoms with Gasteiger partial charge in [-0.1, -0.05) is 20.8 Å². The van der Waals surface area contributed by atoms with Crippen LogP contribution in [0.15, 0.2) is 0 Å². The molecule has 102 valence electrons. The monoisotopic (exact) mass is 252 g/mol. The number of esters is 1. The Labute approximate surface area is 109 Å². The Kier molecular flexibility index (Phi) is 2.74. The molecule has 7 unspecified atom stereocenters. The van der Waals surface area contributed by atoms with Gasteiger partial charge in [-0.3, -0.25) is 4.79 Å². The summed E-state index contributed by atoms with van der Waals surface area (Å²) in [6.07, 6.45) is 3.99. The quantitative estimate of drug-likeness (QED) is 0.673. The molecule has 2 saturated carbocycles. The van der Waals surface area contributed by atoms with Gasteiger partial charge in [0.15, 0.2) is 0 Å². The van der Waals surface area contributed by atoms with Crippen molar-refractivity contribution in [2.45, 2.75) is 58.7 Å². The van der Waals surface area contributed by atoms with Crippen LogP contribution in [-0.4, -0.2) is 23.3 Å². The fourth-order valence-electron chi connectivity index (χ4n) is 4.72. The number of carbonyl (C=O) groups excluding carboxylic acids is 1. The highest BCUT2D eigenvalue weighted by molar-refractivity contribution is 5.74. The Morgan fingerprint density at radius 3 is 2.83 bits per heavy atom. The van der Waals surface area contributed by atoms with Crippen LogP contribution < -0.4 is 0 Å². The van der Waals surface area contributed by atoms with Crippen LogP contribution in [0.2, 0.25) is 0 Å². The summed E-state index contributed by atoms with van der Waals surface area (Å²) in [6, 6.07) is 0. The molecule has 18 heavy (non-hydrogen) atoms. The van der Waals surface area contributed by atoms with E-state index in [1.54, 1.807) is 0 Å². The van der Waals surface area contributed by atoms with Crippen molar-refractivity contribution < 1.29 is 14.6 Å². The van der Waals surface area contributed by atoms with E-state index in [1.807, 2.05) is 6.92 Å². The Bertz CT molecular complexity index is 367. The van der Waals surface area contributed by atoms with E-state index in [9.17, 15) is 9.90 Å². The summed E-state index contributed by atoms with van der Waals surface area (Å²) >= 11 is 0. The zero-order chi connectivity index (χ0) is 13.1. The van der Waals surface area contributed by atoms with Crippen LogP contribution in [0, 0.1) is 29.1 Å². The topological polar surface area (TPSA) is 46.5 Å². The van der Waals surface area contributed by atoms with Crippen molar-refractivity contribution >= 4 is 5.97 Å². The van der Waals surface area contributed by atoms with Crippen molar-refractivity contribution in [3.05, 3.63) is 0 Å². The van der Waals surface area contributed by atoms with E-state index in [0.717, 1.165) is 25.7 Å². The second kappa shape index (κ2) is 3.96. The van der Waals surface area contributed by atoms with Gasteiger partial charge in [0.25, 0.3) is 0 Å². The first-order valence-corrected chi connectivity index (χ1v) is 7.31. The van der Waals surface area contributed by atoms with Crippen molar-refractivity contribution in [2.24, 2.45) is 29.1 Å². The first kappa shape index (κ1) is 12.5. The molecular weight excluding hydrogens is 228 g/mol. The van der Waals surface area contributed by atoms with Gasteiger partial charge in [0, 0.05) is 5.92 Å². The van der Waals surface area contributed by atoms with E-state index >= 15 is 0 Å². The minimum Gasteiger partial charge on any atom is -0.462 e. The van der Waals surface area contributed by atoms with Crippen molar-refractivity contribution in [1.82, 2.24) is 0 Å². The lowest BCUT2D eigenvalue weighted by atomic mass is 9.53. The first-order chi connectivity index (χ1) is 8.42. The SMILES string of the molecule is CC1C(=O)OC2CC3(C)CCC(O)C(C)C3CC21. The molecule has 3 aliphatic rings. The molecule has 1 aliphatic heterocycles. The molecule has 2 aliphatic carbocycles. The van der Waals surface area contributed by atoms with Gasteiger partial charge in [0.1, 0.15) is 6.10 Å². The molecule has 0 bridgehead atoms. The fraction of sp³-hybridized carbons (Fsp3) is 0.933. The van der Waals surface area contributed by atoms with E-state index in [-0.39, 0.29) is 29.5 Å². The lowest BCUT2D eigenvalue weighted by molar-refractivity contribution is -0.148. The number of carbonyl (C=O) groups is 1. The number of aliphatic hydroxyl groups excluding tert-OH is 1. The van der Waals surface area contributed by atoms with Crippen LogP contribution in [0.4, 0.5) is 0 Å². The first-order valence-electron chi connectivity index (χ1n) is 7.31. The van der Waals surface area contributed by atoms with Gasteiger partial charge in [-0.15, -0.1) is 0 Å². The summed E-state index contributed by atoms with van der Waals surface area (Å²) in [5.41, 5.74) is 0.254. The molecular formula is C15H24O3. The predicted molar refractivity (Wildman–Crippen MR) is 67.8 cm³/mol. The Morgan fingerprint density at radius 1 is 1.39 bits per heavy atom. The van der Waals surface area contributed by atoms with Crippen molar-refractivity contribution in [2.75, 3.05) is 0 Å². The summed E-state index contributed by atoms with van der Waals surface area (Å²) in [4.78, 5) is 11.7. The smallest absolute Gasteiger partial charge is 0.309 e. The molecule has 0 spiro atoms. The van der Waals surface area contributed by atoms with Gasteiger partial charge >= 0.3 is 5.97 Å². The lowest BCUT2D eigenvalue weighted by Gasteiger charge is -2.53. The third-order valence-electron chi connectivity index (χ3n) is 6.10. The predicted octanol–water partition coefficient (Wildman–Crippen LogP) is 2.37. The maximum atomic E-state index is 11.7. The average Bonchev–Trinajstić information content (AvgIpc) is 2.58. The summed E-state index contributed by atoms with van der Waals surface area (Å²) < 4.78 is 5.55. The molecule has 7 atom stereocenters. The van der Waals surface area contributed by atoms with E-state index in [1.165, 1.54) is 0 Å². The summed E-state index contributed by atoms with van der Waals surface area (Å²) in [7, 11) is 0. The van der Waals surface area contributed by atoms with E-state index in [4.69, 9.17) is 4.74 Å². The van der Waals surface area contributed by atoms with Gasteiger partial charge in [-0.25, -0.2) is 0 Å². The maximum absolute atomic E-state index is 11.7. The van der Waals surface area contributed by atoms with Crippen LogP contribution in [0.5, 0.6) is 0 Å². The number of hydrogen-bond donors (Lipinski definition) is 1. The lowest BCUT2D eigenvalue weighted by Crippen LogP contribution is -2.50. The number of rotatable bonds is 0. The molecule has 3 nitrogen and oxygen atoms in total. The van der Waals surface area contributed by atoms with Crippen LogP contribution in [0.25, 0.3) is 0 Å². The molecule has 3 fully saturated rings. The van der Waals surface area contributed by atoms with Crippen molar-refractivity contribution in [3.8, 4) is 0 Å². The molecule has 1 saturated heterocycles. The number of fused-ring (bicyclic) bond motifs is 2. The van der Waals surface area contributed by atoms with Gasteiger partial charge in [-0.05, 0) is 42.9 Å². The van der Waals surface area contributed by atoms with E-state index in [2.05, 4.69) is 13.8 Å². The highest BCUT2D eigenvalue weighted by Gasteiger charge is 2.55. The molecule has 3 heteroatoms. The molecule has 0 aromatic heterocycles. The van der Waals surface area contributed by atoms with Crippen LogP contribution >= 0.6 is 0 Å². The molecule has 0 aromatic carbocycles. The minimum atomic E-state index is -0.159. The number of ether oxygens (including phenoxy) is 1. The maximum Gasteiger partial charge on any atom is 0.309 e. The van der Waals surface area contributed by atoms with Crippen molar-refractivity contribution in [1.29, 1.82) is 0 Å². The summed E-state index contributed by atoms with van der Waals surface area (Å²) in [5, 5.41) is 10.1. The highest BCUT2D eigenvalue weighted by atomic mass is 16.6. The number of aliphatic hydroxyl groups is 1. The van der Waals surface area contributed by atoms with E-state index in [0.29, 0.717) is 17.8 Å². The Hall–Kier alpha value is -0.570. The molecule has 0 radical (unpaired) electrons. The van der Waals surface area contributed by atoms with Gasteiger partial charge < -0.3 is 9.84 Å². The van der Waals surface area contributed by atoms with Gasteiger partial charge in [0.2, 0.25) is 0 Å². The van der Waals surface area contributed by atoms with Gasteiger partial charge in [-0.2, -0.15) is 0 Å². The highest BCUT2D eigenvalue weighted by Crippen LogP contribution is 2.57. The van der Waals surface area contributed by atoms with Crippen molar-refractivity contribution in [3.63, 3.8) is 0 Å². The number of hydrogen-bond acceptors (Lipinski definition) is 3. The molecule has 3 rings (SSSR count).